The third kappa shape index (κ3) is 5.49. The maximum Gasteiger partial charge on any atom is 0.404 e. The Balaban J connectivity index is 1.87. The Labute approximate surface area is 185 Å². The average molecular weight is 437 g/mol. The zero-order valence-electron chi connectivity index (χ0n) is 16.9. The van der Waals surface area contributed by atoms with E-state index in [0.29, 0.717) is 33.0 Å². The van der Waals surface area contributed by atoms with Gasteiger partial charge in [-0.3, -0.25) is 9.59 Å². The maximum absolute atomic E-state index is 13.1. The predicted molar refractivity (Wildman–Crippen MR) is 119 cm³/mol. The molecule has 31 heavy (non-hydrogen) atoms. The Hall–Kier alpha value is -3.64. The number of likely N-dealkylation sites (N-methyl/N-ethyl adjacent to an activating group) is 1. The Morgan fingerprint density at radius 3 is 2.26 bits per heavy atom. The number of ether oxygens (including phenoxy) is 1. The van der Waals surface area contributed by atoms with Crippen LogP contribution in [0.25, 0.3) is 0 Å². The van der Waals surface area contributed by atoms with E-state index in [1.54, 1.807) is 73.8 Å². The van der Waals surface area contributed by atoms with Crippen LogP contribution in [-0.4, -0.2) is 24.8 Å². The Bertz CT molecular complexity index is 1120. The number of amides is 2. The lowest BCUT2D eigenvalue weighted by atomic mass is 10.00. The number of benzene rings is 3. The van der Waals surface area contributed by atoms with Crippen molar-refractivity contribution in [3.05, 3.63) is 100 Å². The number of carbonyl (C=O) groups is 3. The van der Waals surface area contributed by atoms with E-state index in [0.717, 1.165) is 0 Å². The van der Waals surface area contributed by atoms with Gasteiger partial charge in [0.15, 0.2) is 5.78 Å². The van der Waals surface area contributed by atoms with Gasteiger partial charge < -0.3 is 15.4 Å². The number of halogens is 1. The van der Waals surface area contributed by atoms with Crippen LogP contribution in [0.3, 0.4) is 0 Å². The fraction of sp³-hybridized carbons (Fsp3) is 0.125. The summed E-state index contributed by atoms with van der Waals surface area (Å²) in [4.78, 5) is 38.5. The first kappa shape index (κ1) is 22.1. The van der Waals surface area contributed by atoms with Crippen molar-refractivity contribution in [1.82, 2.24) is 0 Å². The minimum absolute atomic E-state index is 0.0266. The molecule has 0 aliphatic heterocycles. The van der Waals surface area contributed by atoms with Crippen LogP contribution in [0.4, 0.5) is 10.5 Å². The molecule has 3 rings (SSSR count). The van der Waals surface area contributed by atoms with Crippen LogP contribution in [0.1, 0.15) is 27.0 Å². The van der Waals surface area contributed by atoms with E-state index in [1.807, 2.05) is 6.07 Å². The van der Waals surface area contributed by atoms with Gasteiger partial charge in [-0.15, -0.1) is 0 Å². The second-order valence-corrected chi connectivity index (χ2v) is 7.30. The standard InChI is InChI=1S/C24H21ClN2O4/c1-27(22(28)13-17-9-5-6-10-18(17)15-31-24(26)30)21-12-11-19(25)14-20(21)23(29)16-7-3-2-4-8-16/h2-12,14H,13,15H2,1H3,(H2,26,30). The molecule has 0 spiro atoms. The van der Waals surface area contributed by atoms with Gasteiger partial charge in [0.05, 0.1) is 12.1 Å². The molecular formula is C24H21ClN2O4. The Morgan fingerprint density at radius 1 is 0.935 bits per heavy atom. The van der Waals surface area contributed by atoms with Crippen LogP contribution < -0.4 is 10.6 Å². The summed E-state index contributed by atoms with van der Waals surface area (Å²) in [6, 6.07) is 20.8. The number of nitrogens with zero attached hydrogens (tertiary/aromatic N) is 1. The molecule has 0 radical (unpaired) electrons. The highest BCUT2D eigenvalue weighted by Crippen LogP contribution is 2.27. The summed E-state index contributed by atoms with van der Waals surface area (Å²) in [5.41, 5.74) is 7.71. The molecule has 0 aliphatic rings. The molecule has 7 heteroatoms. The minimum atomic E-state index is -0.886. The number of hydrogen-bond donors (Lipinski definition) is 1. The van der Waals surface area contributed by atoms with Gasteiger partial charge in [-0.2, -0.15) is 0 Å². The second kappa shape index (κ2) is 9.91. The number of ketones is 1. The van der Waals surface area contributed by atoms with E-state index >= 15 is 0 Å². The van der Waals surface area contributed by atoms with Crippen LogP contribution in [0, 0.1) is 0 Å². The van der Waals surface area contributed by atoms with Crippen LogP contribution in [0.5, 0.6) is 0 Å². The van der Waals surface area contributed by atoms with Crippen molar-refractivity contribution in [2.75, 3.05) is 11.9 Å². The van der Waals surface area contributed by atoms with Crippen LogP contribution >= 0.6 is 11.6 Å². The summed E-state index contributed by atoms with van der Waals surface area (Å²) in [7, 11) is 1.61. The van der Waals surface area contributed by atoms with E-state index in [9.17, 15) is 14.4 Å². The molecule has 0 atom stereocenters. The summed E-state index contributed by atoms with van der Waals surface area (Å²) in [6.45, 7) is -0.0266. The fourth-order valence-electron chi connectivity index (χ4n) is 3.16. The van der Waals surface area contributed by atoms with Gasteiger partial charge in [0.25, 0.3) is 0 Å². The van der Waals surface area contributed by atoms with Gasteiger partial charge in [0.2, 0.25) is 5.91 Å². The second-order valence-electron chi connectivity index (χ2n) is 6.86. The van der Waals surface area contributed by atoms with Crippen molar-refractivity contribution in [1.29, 1.82) is 0 Å². The molecular weight excluding hydrogens is 416 g/mol. The normalized spacial score (nSPS) is 10.4. The molecule has 3 aromatic carbocycles. The first-order valence-electron chi connectivity index (χ1n) is 9.51. The van der Waals surface area contributed by atoms with E-state index < -0.39 is 6.09 Å². The Morgan fingerprint density at radius 2 is 1.58 bits per heavy atom. The zero-order valence-corrected chi connectivity index (χ0v) is 17.6. The van der Waals surface area contributed by atoms with Gasteiger partial charge in [0, 0.05) is 23.2 Å². The number of primary amides is 1. The lowest BCUT2D eigenvalue weighted by Crippen LogP contribution is -2.30. The van der Waals surface area contributed by atoms with Gasteiger partial charge in [0.1, 0.15) is 6.61 Å². The molecule has 0 saturated carbocycles. The molecule has 2 N–H and O–H groups in total. The molecule has 0 aliphatic carbocycles. The summed E-state index contributed by atoms with van der Waals surface area (Å²) in [5, 5.41) is 0.401. The van der Waals surface area contributed by atoms with Gasteiger partial charge >= 0.3 is 6.09 Å². The van der Waals surface area contributed by atoms with Crippen molar-refractivity contribution >= 4 is 35.1 Å². The molecule has 0 bridgehead atoms. The lowest BCUT2D eigenvalue weighted by Gasteiger charge is -2.21. The summed E-state index contributed by atoms with van der Waals surface area (Å²) in [6.07, 6.45) is -0.834. The van der Waals surface area contributed by atoms with Crippen molar-refractivity contribution in [2.45, 2.75) is 13.0 Å². The quantitative estimate of drug-likeness (QED) is 0.557. The zero-order chi connectivity index (χ0) is 22.4. The van der Waals surface area contributed by atoms with E-state index in [2.05, 4.69) is 0 Å². The van der Waals surface area contributed by atoms with Gasteiger partial charge in [-0.1, -0.05) is 66.2 Å². The Kier molecular flexibility index (Phi) is 7.05. The topological polar surface area (TPSA) is 89.7 Å². The number of anilines is 1. The SMILES string of the molecule is CN(C(=O)Cc1ccccc1COC(N)=O)c1ccc(Cl)cc1C(=O)c1ccccc1. The molecule has 2 amide bonds. The average Bonchev–Trinajstić information content (AvgIpc) is 2.78. The largest absolute Gasteiger partial charge is 0.445 e. The summed E-state index contributed by atoms with van der Waals surface area (Å²) < 4.78 is 4.86. The summed E-state index contributed by atoms with van der Waals surface area (Å²) in [5.74, 6) is -0.469. The highest BCUT2D eigenvalue weighted by Gasteiger charge is 2.21. The minimum Gasteiger partial charge on any atom is -0.445 e. The molecule has 3 aromatic rings. The monoisotopic (exact) mass is 436 g/mol. The van der Waals surface area contributed by atoms with Crippen LogP contribution in [0.15, 0.2) is 72.8 Å². The van der Waals surface area contributed by atoms with Gasteiger partial charge in [-0.25, -0.2) is 4.79 Å². The highest BCUT2D eigenvalue weighted by molar-refractivity contribution is 6.31. The molecule has 0 heterocycles. The van der Waals surface area contributed by atoms with Crippen molar-refractivity contribution < 1.29 is 19.1 Å². The van der Waals surface area contributed by atoms with Crippen LogP contribution in [-0.2, 0) is 22.6 Å². The third-order valence-electron chi connectivity index (χ3n) is 4.80. The van der Waals surface area contributed by atoms with Crippen molar-refractivity contribution in [3.63, 3.8) is 0 Å². The molecule has 0 aromatic heterocycles. The predicted octanol–water partition coefficient (Wildman–Crippen LogP) is 4.37. The number of hydrogen-bond acceptors (Lipinski definition) is 4. The number of carbonyl (C=O) groups excluding carboxylic acids is 3. The maximum atomic E-state index is 13.1. The smallest absolute Gasteiger partial charge is 0.404 e. The fourth-order valence-corrected chi connectivity index (χ4v) is 3.34. The molecule has 6 nitrogen and oxygen atoms in total. The van der Waals surface area contributed by atoms with E-state index in [4.69, 9.17) is 22.1 Å². The van der Waals surface area contributed by atoms with Crippen molar-refractivity contribution in [3.8, 4) is 0 Å². The summed E-state index contributed by atoms with van der Waals surface area (Å²) >= 11 is 6.14. The van der Waals surface area contributed by atoms with Gasteiger partial charge in [-0.05, 0) is 29.3 Å². The number of rotatable bonds is 7. The first-order valence-corrected chi connectivity index (χ1v) is 9.89. The molecule has 0 saturated heterocycles. The molecule has 0 unspecified atom stereocenters. The molecule has 0 fully saturated rings. The number of nitrogens with two attached hydrogens (primary N) is 1. The highest BCUT2D eigenvalue weighted by atomic mass is 35.5. The van der Waals surface area contributed by atoms with E-state index in [-0.39, 0.29) is 24.7 Å². The first-order chi connectivity index (χ1) is 14.9. The van der Waals surface area contributed by atoms with Crippen molar-refractivity contribution in [2.24, 2.45) is 5.73 Å². The third-order valence-corrected chi connectivity index (χ3v) is 5.04. The van der Waals surface area contributed by atoms with Crippen LogP contribution in [0.2, 0.25) is 5.02 Å². The molecule has 158 valence electrons. The lowest BCUT2D eigenvalue weighted by molar-refractivity contribution is -0.117. The van der Waals surface area contributed by atoms with E-state index in [1.165, 1.54) is 4.90 Å².